The van der Waals surface area contributed by atoms with Gasteiger partial charge in [0.25, 0.3) is 0 Å². The molecule has 3 fully saturated rings. The SMILES string of the molecule is CC1(C)O[C@H]2[C@@H]([C@H]3COC(C)(C)O3)O[C@H](Nc3ccc4ccccc4c3)[C@H]2O1. The largest absolute Gasteiger partial charge is 0.358 e. The van der Waals surface area contributed by atoms with Crippen molar-refractivity contribution in [3.8, 4) is 0 Å². The van der Waals surface area contributed by atoms with Gasteiger partial charge in [-0.15, -0.1) is 0 Å². The molecule has 5 atom stereocenters. The van der Waals surface area contributed by atoms with Crippen molar-refractivity contribution in [2.24, 2.45) is 0 Å². The normalized spacial score (nSPS) is 35.9. The van der Waals surface area contributed by atoms with Gasteiger partial charge in [-0.2, -0.15) is 0 Å². The summed E-state index contributed by atoms with van der Waals surface area (Å²) in [4.78, 5) is 0. The molecule has 0 unspecified atom stereocenters. The van der Waals surface area contributed by atoms with Crippen molar-refractivity contribution >= 4 is 16.5 Å². The van der Waals surface area contributed by atoms with E-state index in [0.29, 0.717) is 6.61 Å². The summed E-state index contributed by atoms with van der Waals surface area (Å²) < 4.78 is 30.5. The molecule has 1 N–H and O–H groups in total. The predicted molar refractivity (Wildman–Crippen MR) is 105 cm³/mol. The van der Waals surface area contributed by atoms with Crippen molar-refractivity contribution in [3.63, 3.8) is 0 Å². The number of hydrogen-bond acceptors (Lipinski definition) is 6. The third kappa shape index (κ3) is 3.29. The van der Waals surface area contributed by atoms with Gasteiger partial charge in [0.15, 0.2) is 17.8 Å². The monoisotopic (exact) mass is 385 g/mol. The summed E-state index contributed by atoms with van der Waals surface area (Å²) in [5.74, 6) is -1.27. The Morgan fingerprint density at radius 3 is 2.32 bits per heavy atom. The molecule has 3 aliphatic rings. The first kappa shape index (κ1) is 18.3. The van der Waals surface area contributed by atoms with Crippen LogP contribution in [0.3, 0.4) is 0 Å². The van der Waals surface area contributed by atoms with Crippen molar-refractivity contribution in [1.82, 2.24) is 0 Å². The van der Waals surface area contributed by atoms with Gasteiger partial charge in [0, 0.05) is 5.69 Å². The molecule has 2 aromatic rings. The molecule has 0 amide bonds. The molecule has 6 nitrogen and oxygen atoms in total. The highest BCUT2D eigenvalue weighted by Gasteiger charge is 2.59. The molecule has 3 heterocycles. The molecule has 150 valence electrons. The second-order valence-electron chi connectivity index (χ2n) is 8.66. The van der Waals surface area contributed by atoms with Gasteiger partial charge in [-0.25, -0.2) is 0 Å². The molecule has 3 saturated heterocycles. The Morgan fingerprint density at radius 1 is 0.821 bits per heavy atom. The summed E-state index contributed by atoms with van der Waals surface area (Å²) in [6.45, 7) is 8.19. The fourth-order valence-electron chi connectivity index (χ4n) is 4.37. The summed E-state index contributed by atoms with van der Waals surface area (Å²) in [5, 5.41) is 5.88. The highest BCUT2D eigenvalue weighted by atomic mass is 16.8. The Hall–Kier alpha value is -1.70. The van der Waals surface area contributed by atoms with Gasteiger partial charge in [0.05, 0.1) is 6.61 Å². The van der Waals surface area contributed by atoms with Crippen LogP contribution in [0.5, 0.6) is 0 Å². The Bertz CT molecular complexity index is 882. The fourth-order valence-corrected chi connectivity index (χ4v) is 4.37. The van der Waals surface area contributed by atoms with Gasteiger partial charge in [0.1, 0.15) is 24.4 Å². The number of benzene rings is 2. The molecule has 0 radical (unpaired) electrons. The summed E-state index contributed by atoms with van der Waals surface area (Å²) in [5.41, 5.74) is 0.986. The number of anilines is 1. The van der Waals surface area contributed by atoms with Crippen LogP contribution >= 0.6 is 0 Å². The zero-order chi connectivity index (χ0) is 19.5. The molecular formula is C22H27NO5. The molecule has 5 rings (SSSR count). The number of rotatable bonds is 3. The van der Waals surface area contributed by atoms with Gasteiger partial charge >= 0.3 is 0 Å². The summed E-state index contributed by atoms with van der Waals surface area (Å²) in [6.07, 6.45) is -1.21. The molecule has 0 aromatic heterocycles. The summed E-state index contributed by atoms with van der Waals surface area (Å²) >= 11 is 0. The fraction of sp³-hybridized carbons (Fsp3) is 0.545. The van der Waals surface area contributed by atoms with Gasteiger partial charge in [-0.1, -0.05) is 30.3 Å². The second kappa shape index (κ2) is 6.40. The molecule has 0 saturated carbocycles. The minimum absolute atomic E-state index is 0.191. The van der Waals surface area contributed by atoms with E-state index < -0.39 is 11.6 Å². The molecular weight excluding hydrogens is 358 g/mol. The van der Waals surface area contributed by atoms with Crippen LogP contribution in [0.4, 0.5) is 5.69 Å². The van der Waals surface area contributed by atoms with E-state index in [1.165, 1.54) is 10.8 Å². The Morgan fingerprint density at radius 2 is 1.57 bits per heavy atom. The lowest BCUT2D eigenvalue weighted by atomic mass is 10.1. The Kier molecular flexibility index (Phi) is 4.19. The molecule has 6 heteroatoms. The minimum atomic E-state index is -0.657. The van der Waals surface area contributed by atoms with Crippen molar-refractivity contribution in [3.05, 3.63) is 42.5 Å². The van der Waals surface area contributed by atoms with Crippen LogP contribution in [0.2, 0.25) is 0 Å². The number of ether oxygens (including phenoxy) is 5. The molecule has 2 aromatic carbocycles. The standard InChI is InChI=1S/C22H27NO5/c1-21(2)24-12-16(26-21)17-18-19(28-22(3,4)27-18)20(25-17)23-15-10-9-13-7-5-6-8-14(13)11-15/h5-11,16-20,23H,12H2,1-4H3/t16-,17-,18+,19+,20+/m1/s1. The average molecular weight is 385 g/mol. The molecule has 0 bridgehead atoms. The quantitative estimate of drug-likeness (QED) is 0.870. The van der Waals surface area contributed by atoms with E-state index in [9.17, 15) is 0 Å². The first-order chi connectivity index (χ1) is 13.3. The lowest BCUT2D eigenvalue weighted by molar-refractivity contribution is -0.203. The number of nitrogens with one attached hydrogen (secondary N) is 1. The summed E-state index contributed by atoms with van der Waals surface area (Å²) in [6, 6.07) is 14.6. The van der Waals surface area contributed by atoms with Crippen LogP contribution in [0, 0.1) is 0 Å². The van der Waals surface area contributed by atoms with E-state index in [4.69, 9.17) is 23.7 Å². The van der Waals surface area contributed by atoms with E-state index in [2.05, 4.69) is 35.6 Å². The van der Waals surface area contributed by atoms with Crippen LogP contribution in [0.25, 0.3) is 10.8 Å². The van der Waals surface area contributed by atoms with Crippen LogP contribution in [0.15, 0.2) is 42.5 Å². The van der Waals surface area contributed by atoms with Gasteiger partial charge < -0.3 is 29.0 Å². The predicted octanol–water partition coefficient (Wildman–Crippen LogP) is 3.65. The van der Waals surface area contributed by atoms with Gasteiger partial charge in [-0.3, -0.25) is 0 Å². The zero-order valence-electron chi connectivity index (χ0n) is 16.7. The third-order valence-corrected chi connectivity index (χ3v) is 5.54. The maximum atomic E-state index is 6.35. The molecule has 0 aliphatic carbocycles. The average Bonchev–Trinajstić information content (AvgIpc) is 3.26. The lowest BCUT2D eigenvalue weighted by Crippen LogP contribution is -2.40. The van der Waals surface area contributed by atoms with Crippen molar-refractivity contribution in [2.45, 2.75) is 69.9 Å². The second-order valence-corrected chi connectivity index (χ2v) is 8.66. The Labute approximate surface area is 165 Å². The van der Waals surface area contributed by atoms with E-state index in [1.807, 2.05) is 39.8 Å². The van der Waals surface area contributed by atoms with Crippen LogP contribution in [-0.4, -0.2) is 48.8 Å². The topological polar surface area (TPSA) is 58.2 Å². The van der Waals surface area contributed by atoms with Crippen molar-refractivity contribution in [1.29, 1.82) is 0 Å². The lowest BCUT2D eigenvalue weighted by Gasteiger charge is -2.27. The molecule has 3 aliphatic heterocycles. The van der Waals surface area contributed by atoms with Crippen molar-refractivity contribution in [2.75, 3.05) is 11.9 Å². The maximum Gasteiger partial charge on any atom is 0.164 e. The first-order valence-corrected chi connectivity index (χ1v) is 9.88. The van der Waals surface area contributed by atoms with Gasteiger partial charge in [0.2, 0.25) is 0 Å². The zero-order valence-corrected chi connectivity index (χ0v) is 16.7. The number of hydrogen-bond donors (Lipinski definition) is 1. The highest BCUT2D eigenvalue weighted by Crippen LogP contribution is 2.42. The van der Waals surface area contributed by atoms with Crippen molar-refractivity contribution < 1.29 is 23.7 Å². The van der Waals surface area contributed by atoms with E-state index in [0.717, 1.165) is 5.69 Å². The summed E-state index contributed by atoms with van der Waals surface area (Å²) in [7, 11) is 0. The van der Waals surface area contributed by atoms with E-state index in [-0.39, 0.29) is 30.6 Å². The van der Waals surface area contributed by atoms with E-state index in [1.54, 1.807) is 0 Å². The Balaban J connectivity index is 1.39. The molecule has 0 spiro atoms. The molecule has 28 heavy (non-hydrogen) atoms. The van der Waals surface area contributed by atoms with Crippen LogP contribution < -0.4 is 5.32 Å². The third-order valence-electron chi connectivity index (χ3n) is 5.54. The van der Waals surface area contributed by atoms with Gasteiger partial charge in [-0.05, 0) is 50.6 Å². The maximum absolute atomic E-state index is 6.35. The highest BCUT2D eigenvalue weighted by molar-refractivity contribution is 5.85. The smallest absolute Gasteiger partial charge is 0.164 e. The number of fused-ring (bicyclic) bond motifs is 2. The van der Waals surface area contributed by atoms with E-state index >= 15 is 0 Å². The first-order valence-electron chi connectivity index (χ1n) is 9.88. The van der Waals surface area contributed by atoms with Crippen LogP contribution in [0.1, 0.15) is 27.7 Å². The minimum Gasteiger partial charge on any atom is -0.358 e. The van der Waals surface area contributed by atoms with Crippen LogP contribution in [-0.2, 0) is 23.7 Å².